The van der Waals surface area contributed by atoms with Gasteiger partial charge in [-0.25, -0.2) is 4.98 Å². The summed E-state index contributed by atoms with van der Waals surface area (Å²) in [6.45, 7) is 2.16. The van der Waals surface area contributed by atoms with Crippen molar-refractivity contribution in [1.29, 1.82) is 5.26 Å². The van der Waals surface area contributed by atoms with Crippen LogP contribution in [0.2, 0.25) is 0 Å². The fourth-order valence-electron chi connectivity index (χ4n) is 2.07. The number of pyridine rings is 1. The second-order valence-corrected chi connectivity index (χ2v) is 4.64. The maximum absolute atomic E-state index is 9.55. The molecule has 0 radical (unpaired) electrons. The van der Waals surface area contributed by atoms with Crippen molar-refractivity contribution in [2.75, 3.05) is 31.7 Å². The van der Waals surface area contributed by atoms with Crippen molar-refractivity contribution < 1.29 is 9.84 Å². The molecular formula is C13H17N3O2. The average Bonchev–Trinajstić information content (AvgIpc) is 2.46. The number of anilines is 1. The van der Waals surface area contributed by atoms with Gasteiger partial charge in [-0.15, -0.1) is 0 Å². The molecule has 0 bridgehead atoms. The molecule has 5 heteroatoms. The maximum Gasteiger partial charge on any atom is 0.142 e. The van der Waals surface area contributed by atoms with Crippen molar-refractivity contribution >= 4 is 5.82 Å². The molecule has 5 nitrogen and oxygen atoms in total. The lowest BCUT2D eigenvalue weighted by atomic mass is 9.81. The first kappa shape index (κ1) is 12.8. The molecule has 1 aliphatic heterocycles. The highest BCUT2D eigenvalue weighted by Crippen LogP contribution is 2.30. The molecule has 2 rings (SSSR count). The third kappa shape index (κ3) is 2.97. The molecule has 0 unspecified atom stereocenters. The highest BCUT2D eigenvalue weighted by molar-refractivity contribution is 5.38. The molecule has 2 heterocycles. The SMILES string of the molecule is N#Cc1cccc(NCC2(CO)CCOCC2)n1. The van der Waals surface area contributed by atoms with Gasteiger partial charge in [-0.1, -0.05) is 6.07 Å². The average molecular weight is 247 g/mol. The van der Waals surface area contributed by atoms with Crippen LogP contribution in [0.3, 0.4) is 0 Å². The Hall–Kier alpha value is -1.64. The largest absolute Gasteiger partial charge is 0.396 e. The Kier molecular flexibility index (Phi) is 4.13. The van der Waals surface area contributed by atoms with Gasteiger partial charge in [-0.05, 0) is 25.0 Å². The number of aliphatic hydroxyl groups excluding tert-OH is 1. The van der Waals surface area contributed by atoms with Crippen LogP contribution in [0.1, 0.15) is 18.5 Å². The molecule has 0 aliphatic carbocycles. The molecule has 1 saturated heterocycles. The Morgan fingerprint density at radius 2 is 2.22 bits per heavy atom. The van der Waals surface area contributed by atoms with E-state index < -0.39 is 0 Å². The molecule has 1 aromatic rings. The van der Waals surface area contributed by atoms with E-state index in [1.165, 1.54) is 0 Å². The number of nitrogens with one attached hydrogen (secondary N) is 1. The Morgan fingerprint density at radius 1 is 1.44 bits per heavy atom. The molecular weight excluding hydrogens is 230 g/mol. The first-order valence-corrected chi connectivity index (χ1v) is 6.08. The van der Waals surface area contributed by atoms with Crippen molar-refractivity contribution in [3.63, 3.8) is 0 Å². The maximum atomic E-state index is 9.55. The van der Waals surface area contributed by atoms with Gasteiger partial charge in [0.25, 0.3) is 0 Å². The van der Waals surface area contributed by atoms with Crippen LogP contribution in [0.15, 0.2) is 18.2 Å². The van der Waals surface area contributed by atoms with Gasteiger partial charge in [0, 0.05) is 25.2 Å². The van der Waals surface area contributed by atoms with E-state index in [1.54, 1.807) is 12.1 Å². The highest BCUT2D eigenvalue weighted by atomic mass is 16.5. The minimum absolute atomic E-state index is 0.136. The van der Waals surface area contributed by atoms with E-state index in [-0.39, 0.29) is 12.0 Å². The number of aromatic nitrogens is 1. The third-order valence-corrected chi connectivity index (χ3v) is 3.40. The van der Waals surface area contributed by atoms with Gasteiger partial charge in [0.2, 0.25) is 0 Å². The summed E-state index contributed by atoms with van der Waals surface area (Å²) in [5.41, 5.74) is 0.257. The summed E-state index contributed by atoms with van der Waals surface area (Å²) in [7, 11) is 0. The van der Waals surface area contributed by atoms with Crippen LogP contribution < -0.4 is 5.32 Å². The smallest absolute Gasteiger partial charge is 0.142 e. The summed E-state index contributed by atoms with van der Waals surface area (Å²) in [5.74, 6) is 0.674. The second-order valence-electron chi connectivity index (χ2n) is 4.64. The molecule has 1 aromatic heterocycles. The van der Waals surface area contributed by atoms with Gasteiger partial charge in [0.05, 0.1) is 6.61 Å². The van der Waals surface area contributed by atoms with Gasteiger partial charge in [0.15, 0.2) is 0 Å². The number of aliphatic hydroxyl groups is 1. The summed E-state index contributed by atoms with van der Waals surface area (Å²) in [4.78, 5) is 4.16. The molecule has 0 amide bonds. The summed E-state index contributed by atoms with van der Waals surface area (Å²) >= 11 is 0. The van der Waals surface area contributed by atoms with Gasteiger partial charge in [0.1, 0.15) is 17.6 Å². The van der Waals surface area contributed by atoms with Crippen LogP contribution in [0.25, 0.3) is 0 Å². The van der Waals surface area contributed by atoms with Crippen molar-refractivity contribution in [3.05, 3.63) is 23.9 Å². The minimum Gasteiger partial charge on any atom is -0.396 e. The number of hydrogen-bond donors (Lipinski definition) is 2. The van der Waals surface area contributed by atoms with E-state index in [9.17, 15) is 5.11 Å². The van der Waals surface area contributed by atoms with E-state index in [2.05, 4.69) is 10.3 Å². The van der Waals surface area contributed by atoms with Crippen LogP contribution >= 0.6 is 0 Å². The monoisotopic (exact) mass is 247 g/mol. The van der Waals surface area contributed by atoms with E-state index in [1.807, 2.05) is 12.1 Å². The van der Waals surface area contributed by atoms with Crippen molar-refractivity contribution in [2.24, 2.45) is 5.41 Å². The zero-order valence-corrected chi connectivity index (χ0v) is 10.2. The van der Waals surface area contributed by atoms with E-state index >= 15 is 0 Å². The zero-order chi connectivity index (χ0) is 12.8. The topological polar surface area (TPSA) is 78.2 Å². The number of nitrogens with zero attached hydrogens (tertiary/aromatic N) is 2. The highest BCUT2D eigenvalue weighted by Gasteiger charge is 2.31. The number of rotatable bonds is 4. The summed E-state index contributed by atoms with van der Waals surface area (Å²) in [6.07, 6.45) is 1.68. The fourth-order valence-corrected chi connectivity index (χ4v) is 2.07. The lowest BCUT2D eigenvalue weighted by molar-refractivity contribution is -0.00861. The Labute approximate surface area is 106 Å². The lowest BCUT2D eigenvalue weighted by Gasteiger charge is -2.35. The van der Waals surface area contributed by atoms with Gasteiger partial charge < -0.3 is 15.2 Å². The number of nitriles is 1. The van der Waals surface area contributed by atoms with Gasteiger partial charge >= 0.3 is 0 Å². The molecule has 0 spiro atoms. The number of hydrogen-bond acceptors (Lipinski definition) is 5. The Bertz CT molecular complexity index is 436. The third-order valence-electron chi connectivity index (χ3n) is 3.40. The van der Waals surface area contributed by atoms with Crippen LogP contribution in [-0.4, -0.2) is 36.5 Å². The van der Waals surface area contributed by atoms with Crippen LogP contribution in [0.4, 0.5) is 5.82 Å². The van der Waals surface area contributed by atoms with Gasteiger partial charge in [-0.3, -0.25) is 0 Å². The van der Waals surface area contributed by atoms with Crippen molar-refractivity contribution in [2.45, 2.75) is 12.8 Å². The summed E-state index contributed by atoms with van der Waals surface area (Å²) in [6, 6.07) is 7.30. The van der Waals surface area contributed by atoms with Crippen LogP contribution in [-0.2, 0) is 4.74 Å². The normalized spacial score (nSPS) is 18.0. The zero-order valence-electron chi connectivity index (χ0n) is 10.2. The molecule has 2 N–H and O–H groups in total. The fraction of sp³-hybridized carbons (Fsp3) is 0.538. The van der Waals surface area contributed by atoms with Crippen molar-refractivity contribution in [1.82, 2.24) is 4.98 Å². The van der Waals surface area contributed by atoms with Gasteiger partial charge in [-0.2, -0.15) is 5.26 Å². The molecule has 18 heavy (non-hydrogen) atoms. The molecule has 0 saturated carbocycles. The summed E-state index contributed by atoms with van der Waals surface area (Å²) in [5, 5.41) is 21.5. The predicted molar refractivity (Wildman–Crippen MR) is 67.0 cm³/mol. The molecule has 1 fully saturated rings. The second kappa shape index (κ2) is 5.80. The molecule has 96 valence electrons. The number of ether oxygens (including phenoxy) is 1. The quantitative estimate of drug-likeness (QED) is 0.834. The van der Waals surface area contributed by atoms with Crippen molar-refractivity contribution in [3.8, 4) is 6.07 Å². The first-order valence-electron chi connectivity index (χ1n) is 6.08. The van der Waals surface area contributed by atoms with E-state index in [0.29, 0.717) is 31.3 Å². The first-order chi connectivity index (χ1) is 8.78. The lowest BCUT2D eigenvalue weighted by Crippen LogP contribution is -2.39. The Balaban J connectivity index is 1.99. The van der Waals surface area contributed by atoms with E-state index in [0.717, 1.165) is 12.8 Å². The predicted octanol–water partition coefficient (Wildman–Crippen LogP) is 1.15. The van der Waals surface area contributed by atoms with E-state index in [4.69, 9.17) is 10.00 Å². The molecule has 1 aliphatic rings. The van der Waals surface area contributed by atoms with Crippen LogP contribution in [0, 0.1) is 16.7 Å². The molecule has 0 atom stereocenters. The Morgan fingerprint density at radius 3 is 2.89 bits per heavy atom. The standard InChI is InChI=1S/C13H17N3O2/c14-8-11-2-1-3-12(16-11)15-9-13(10-17)4-6-18-7-5-13/h1-3,17H,4-7,9-10H2,(H,15,16). The summed E-state index contributed by atoms with van der Waals surface area (Å²) < 4.78 is 5.32. The molecule has 0 aromatic carbocycles. The minimum atomic E-state index is -0.136. The van der Waals surface area contributed by atoms with Crippen LogP contribution in [0.5, 0.6) is 0 Å².